The molecule has 0 aromatic carbocycles. The fourth-order valence-corrected chi connectivity index (χ4v) is 2.86. The molecule has 1 aliphatic heterocycles. The van der Waals surface area contributed by atoms with Gasteiger partial charge in [-0.15, -0.1) is 17.8 Å². The van der Waals surface area contributed by atoms with Crippen LogP contribution in [-0.4, -0.2) is 60.9 Å². The number of nitrogens with one attached hydrogen (secondary N) is 1. The van der Waals surface area contributed by atoms with Crippen molar-refractivity contribution in [1.82, 2.24) is 15.1 Å². The molecule has 5 nitrogen and oxygen atoms in total. The number of amides is 2. The minimum atomic E-state index is -0.114. The molecule has 0 spiro atoms. The maximum absolute atomic E-state index is 12.0. The van der Waals surface area contributed by atoms with Crippen molar-refractivity contribution >= 4 is 23.2 Å². The fourth-order valence-electron chi connectivity index (χ4n) is 2.22. The van der Waals surface area contributed by atoms with Gasteiger partial charge in [0.2, 0.25) is 5.91 Å². The Balaban J connectivity index is 1.66. The van der Waals surface area contributed by atoms with E-state index in [1.165, 1.54) is 11.3 Å². The van der Waals surface area contributed by atoms with Gasteiger partial charge in [0, 0.05) is 39.1 Å². The lowest BCUT2D eigenvalue weighted by atomic mass is 10.2. The third kappa shape index (κ3) is 4.59. The number of piperazine rings is 1. The number of rotatable bonds is 5. The summed E-state index contributed by atoms with van der Waals surface area (Å²) in [6.45, 7) is 4.06. The topological polar surface area (TPSA) is 52.6 Å². The van der Waals surface area contributed by atoms with Gasteiger partial charge >= 0.3 is 0 Å². The van der Waals surface area contributed by atoms with Crippen LogP contribution in [0.2, 0.25) is 0 Å². The summed E-state index contributed by atoms with van der Waals surface area (Å²) < 4.78 is 0. The highest BCUT2D eigenvalue weighted by molar-refractivity contribution is 7.12. The monoisotopic (exact) mass is 305 g/mol. The summed E-state index contributed by atoms with van der Waals surface area (Å²) in [5.41, 5.74) is 0. The van der Waals surface area contributed by atoms with Gasteiger partial charge in [-0.2, -0.15) is 0 Å². The molecule has 0 atom stereocenters. The van der Waals surface area contributed by atoms with Gasteiger partial charge in [-0.05, 0) is 11.4 Å². The largest absolute Gasteiger partial charge is 0.351 e. The van der Waals surface area contributed by atoms with Crippen LogP contribution in [0.3, 0.4) is 0 Å². The summed E-state index contributed by atoms with van der Waals surface area (Å²) >= 11 is 1.39. The first-order valence-electron chi connectivity index (χ1n) is 6.96. The molecule has 2 amide bonds. The molecule has 0 unspecified atom stereocenters. The molecular weight excluding hydrogens is 286 g/mol. The fraction of sp³-hybridized carbons (Fsp3) is 0.467. The van der Waals surface area contributed by atoms with E-state index in [9.17, 15) is 9.59 Å². The highest BCUT2D eigenvalue weighted by Gasteiger charge is 2.20. The van der Waals surface area contributed by atoms with Gasteiger partial charge in [-0.1, -0.05) is 12.0 Å². The molecule has 2 rings (SSSR count). The van der Waals surface area contributed by atoms with E-state index in [0.29, 0.717) is 37.5 Å². The molecule has 0 aliphatic carbocycles. The van der Waals surface area contributed by atoms with Crippen LogP contribution >= 0.6 is 11.3 Å². The Morgan fingerprint density at radius 2 is 2.10 bits per heavy atom. The molecule has 1 aromatic rings. The molecule has 2 heterocycles. The average Bonchev–Trinajstić information content (AvgIpc) is 3.02. The molecule has 0 radical (unpaired) electrons. The van der Waals surface area contributed by atoms with Crippen molar-refractivity contribution in [3.63, 3.8) is 0 Å². The number of carbonyl (C=O) groups is 2. The van der Waals surface area contributed by atoms with Crippen LogP contribution in [-0.2, 0) is 4.79 Å². The number of hydrogen-bond acceptors (Lipinski definition) is 4. The van der Waals surface area contributed by atoms with Crippen LogP contribution in [0.25, 0.3) is 0 Å². The number of nitrogens with zero attached hydrogens (tertiary/aromatic N) is 2. The van der Waals surface area contributed by atoms with Crippen LogP contribution in [0.4, 0.5) is 0 Å². The molecule has 112 valence electrons. The van der Waals surface area contributed by atoms with E-state index >= 15 is 0 Å². The Morgan fingerprint density at radius 1 is 1.33 bits per heavy atom. The zero-order chi connectivity index (χ0) is 15.1. The summed E-state index contributed by atoms with van der Waals surface area (Å²) in [5, 5.41) is 4.63. The maximum atomic E-state index is 12.0. The third-order valence-corrected chi connectivity index (χ3v) is 4.28. The summed E-state index contributed by atoms with van der Waals surface area (Å²) in [5.74, 6) is 2.59. The molecule has 1 N–H and O–H groups in total. The lowest BCUT2D eigenvalue weighted by Crippen LogP contribution is -2.49. The summed E-state index contributed by atoms with van der Waals surface area (Å²) in [4.78, 5) is 28.4. The highest BCUT2D eigenvalue weighted by Crippen LogP contribution is 2.08. The molecule has 1 aromatic heterocycles. The normalized spacial score (nSPS) is 15.5. The SMILES string of the molecule is C#CCN1CCN(C(=O)CCNC(=O)c2cccs2)CC1. The Bertz CT molecular complexity index is 514. The van der Waals surface area contributed by atoms with E-state index in [1.54, 1.807) is 6.07 Å². The van der Waals surface area contributed by atoms with E-state index in [2.05, 4.69) is 16.1 Å². The van der Waals surface area contributed by atoms with Crippen molar-refractivity contribution in [2.24, 2.45) is 0 Å². The lowest BCUT2D eigenvalue weighted by molar-refractivity contribution is -0.132. The first-order chi connectivity index (χ1) is 10.2. The van der Waals surface area contributed by atoms with Crippen molar-refractivity contribution < 1.29 is 9.59 Å². The zero-order valence-corrected chi connectivity index (χ0v) is 12.7. The van der Waals surface area contributed by atoms with Crippen LogP contribution in [0.1, 0.15) is 16.1 Å². The molecule has 0 saturated carbocycles. The van der Waals surface area contributed by atoms with Crippen LogP contribution in [0.15, 0.2) is 17.5 Å². The molecule has 1 aliphatic rings. The minimum Gasteiger partial charge on any atom is -0.351 e. The second kappa shape index (κ2) is 7.81. The number of carbonyl (C=O) groups excluding carboxylic acids is 2. The number of thiophene rings is 1. The molecule has 1 fully saturated rings. The lowest BCUT2D eigenvalue weighted by Gasteiger charge is -2.33. The first kappa shape index (κ1) is 15.5. The second-order valence-electron chi connectivity index (χ2n) is 4.84. The summed E-state index contributed by atoms with van der Waals surface area (Å²) in [6, 6.07) is 3.60. The Kier molecular flexibility index (Phi) is 5.78. The highest BCUT2D eigenvalue weighted by atomic mass is 32.1. The van der Waals surface area contributed by atoms with Crippen molar-refractivity contribution in [2.75, 3.05) is 39.3 Å². The Labute approximate surface area is 128 Å². The van der Waals surface area contributed by atoms with Gasteiger partial charge in [0.05, 0.1) is 11.4 Å². The average molecular weight is 305 g/mol. The van der Waals surface area contributed by atoms with Gasteiger partial charge < -0.3 is 10.2 Å². The van der Waals surface area contributed by atoms with E-state index in [0.717, 1.165) is 13.1 Å². The zero-order valence-electron chi connectivity index (χ0n) is 11.9. The number of hydrogen-bond donors (Lipinski definition) is 1. The summed E-state index contributed by atoms with van der Waals surface area (Å²) in [7, 11) is 0. The quantitative estimate of drug-likeness (QED) is 0.813. The van der Waals surface area contributed by atoms with Gasteiger partial charge in [0.25, 0.3) is 5.91 Å². The van der Waals surface area contributed by atoms with Crippen molar-refractivity contribution in [1.29, 1.82) is 0 Å². The molecular formula is C15H19N3O2S. The van der Waals surface area contributed by atoms with Crippen molar-refractivity contribution in [2.45, 2.75) is 6.42 Å². The van der Waals surface area contributed by atoms with Crippen LogP contribution < -0.4 is 5.32 Å². The number of terminal acetylenes is 1. The molecule has 21 heavy (non-hydrogen) atoms. The predicted octanol–water partition coefficient (Wildman–Crippen LogP) is 0.645. The van der Waals surface area contributed by atoms with Gasteiger partial charge in [0.1, 0.15) is 0 Å². The van der Waals surface area contributed by atoms with E-state index in [1.807, 2.05) is 16.3 Å². The van der Waals surface area contributed by atoms with E-state index in [-0.39, 0.29) is 11.8 Å². The molecule has 1 saturated heterocycles. The second-order valence-corrected chi connectivity index (χ2v) is 5.79. The van der Waals surface area contributed by atoms with Crippen LogP contribution in [0.5, 0.6) is 0 Å². The van der Waals surface area contributed by atoms with Gasteiger partial charge in [0.15, 0.2) is 0 Å². The standard InChI is InChI=1S/C15H19N3O2S/c1-2-7-17-8-10-18(11-9-17)14(19)5-6-16-15(20)13-4-3-12-21-13/h1,3-4,12H,5-11H2,(H,16,20). The van der Waals surface area contributed by atoms with E-state index in [4.69, 9.17) is 6.42 Å². The van der Waals surface area contributed by atoms with Crippen molar-refractivity contribution in [3.05, 3.63) is 22.4 Å². The smallest absolute Gasteiger partial charge is 0.261 e. The van der Waals surface area contributed by atoms with Crippen LogP contribution in [0, 0.1) is 12.3 Å². The molecule has 0 bridgehead atoms. The summed E-state index contributed by atoms with van der Waals surface area (Å²) in [6.07, 6.45) is 5.62. The first-order valence-corrected chi connectivity index (χ1v) is 7.84. The van der Waals surface area contributed by atoms with E-state index < -0.39 is 0 Å². The Morgan fingerprint density at radius 3 is 2.71 bits per heavy atom. The van der Waals surface area contributed by atoms with Gasteiger partial charge in [-0.25, -0.2) is 0 Å². The molecule has 6 heteroatoms. The van der Waals surface area contributed by atoms with Crippen molar-refractivity contribution in [3.8, 4) is 12.3 Å². The predicted molar refractivity (Wildman–Crippen MR) is 83.1 cm³/mol. The maximum Gasteiger partial charge on any atom is 0.261 e. The minimum absolute atomic E-state index is 0.0850. The Hall–Kier alpha value is -1.84. The van der Waals surface area contributed by atoms with Gasteiger partial charge in [-0.3, -0.25) is 14.5 Å². The third-order valence-electron chi connectivity index (χ3n) is 3.41.